The standard InChI is InChI=1S/C22H25ClI2N2OS2/c1-2-28-22-13-20(15-7-4-3-5-8-15)27(30-25)21-12-19(26(29-24)14-18(21)22)16-9-6-10-17(23)11-16/h3-11,18-22H,2,12-14H2,1H3/t18-,19+,20+,21+,22?/m1/s1. The zero-order valence-corrected chi connectivity index (χ0v) is 23.4. The summed E-state index contributed by atoms with van der Waals surface area (Å²) in [6.45, 7) is 3.91. The van der Waals surface area contributed by atoms with Gasteiger partial charge in [-0.15, -0.1) is 0 Å². The maximum absolute atomic E-state index is 6.35. The van der Waals surface area contributed by atoms with E-state index in [-0.39, 0.29) is 6.10 Å². The molecule has 8 heteroatoms. The molecule has 3 nitrogen and oxygen atoms in total. The van der Waals surface area contributed by atoms with Gasteiger partial charge in [-0.3, -0.25) is 0 Å². The summed E-state index contributed by atoms with van der Waals surface area (Å²) in [6, 6.07) is 20.5. The minimum Gasteiger partial charge on any atom is -0.378 e. The van der Waals surface area contributed by atoms with Crippen molar-refractivity contribution in [1.29, 1.82) is 0 Å². The van der Waals surface area contributed by atoms with Gasteiger partial charge < -0.3 is 4.74 Å². The summed E-state index contributed by atoms with van der Waals surface area (Å²) in [5.41, 5.74) is 2.69. The second-order valence-corrected chi connectivity index (χ2v) is 11.8. The highest BCUT2D eigenvalue weighted by Crippen LogP contribution is 2.52. The molecular weight excluding hydrogens is 662 g/mol. The van der Waals surface area contributed by atoms with Gasteiger partial charge in [0, 0.05) is 84.6 Å². The molecular formula is C22H25ClI2N2OS2. The third-order valence-electron chi connectivity index (χ3n) is 6.23. The van der Waals surface area contributed by atoms with Crippen LogP contribution in [0.15, 0.2) is 54.6 Å². The molecule has 2 heterocycles. The predicted octanol–water partition coefficient (Wildman–Crippen LogP) is 7.92. The summed E-state index contributed by atoms with van der Waals surface area (Å²) in [6.07, 6.45) is 2.39. The summed E-state index contributed by atoms with van der Waals surface area (Å²) < 4.78 is 11.5. The maximum Gasteiger partial charge on any atom is 0.0649 e. The van der Waals surface area contributed by atoms with Crippen LogP contribution in [-0.2, 0) is 4.74 Å². The minimum atomic E-state index is 0.274. The lowest BCUT2D eigenvalue weighted by Gasteiger charge is -2.54. The number of ether oxygens (including phenoxy) is 1. The van der Waals surface area contributed by atoms with Gasteiger partial charge in [0.25, 0.3) is 0 Å². The molecule has 0 aromatic heterocycles. The highest BCUT2D eigenvalue weighted by Gasteiger charge is 2.49. The van der Waals surface area contributed by atoms with Gasteiger partial charge in [0.05, 0.1) is 6.10 Å². The van der Waals surface area contributed by atoms with Gasteiger partial charge in [0.1, 0.15) is 0 Å². The Hall–Kier alpha value is 0.770. The molecule has 2 aromatic carbocycles. The lowest BCUT2D eigenvalue weighted by molar-refractivity contribution is -0.0777. The van der Waals surface area contributed by atoms with Crippen molar-refractivity contribution in [2.75, 3.05) is 13.2 Å². The average molecular weight is 687 g/mol. The first-order valence-electron chi connectivity index (χ1n) is 10.2. The van der Waals surface area contributed by atoms with Crippen molar-refractivity contribution in [3.8, 4) is 0 Å². The van der Waals surface area contributed by atoms with Gasteiger partial charge in [-0.1, -0.05) is 54.1 Å². The van der Waals surface area contributed by atoms with E-state index in [0.717, 1.165) is 31.0 Å². The number of fused-ring (bicyclic) bond motifs is 1. The van der Waals surface area contributed by atoms with Crippen LogP contribution >= 0.6 is 72.3 Å². The fraction of sp³-hybridized carbons (Fsp3) is 0.455. The first kappa shape index (κ1) is 23.9. The van der Waals surface area contributed by atoms with Crippen molar-refractivity contribution >= 4 is 72.3 Å². The van der Waals surface area contributed by atoms with Crippen molar-refractivity contribution in [1.82, 2.24) is 8.61 Å². The Balaban J connectivity index is 1.69. The molecule has 30 heavy (non-hydrogen) atoms. The zero-order valence-electron chi connectivity index (χ0n) is 16.7. The number of hydrogen-bond acceptors (Lipinski definition) is 5. The molecule has 0 bridgehead atoms. The Morgan fingerprint density at radius 1 is 1.00 bits per heavy atom. The average Bonchev–Trinajstić information content (AvgIpc) is 2.78. The van der Waals surface area contributed by atoms with E-state index in [0.29, 0.717) is 24.0 Å². The molecule has 162 valence electrons. The van der Waals surface area contributed by atoms with Gasteiger partial charge in [-0.05, 0) is 61.3 Å². The molecule has 4 rings (SSSR count). The largest absolute Gasteiger partial charge is 0.378 e. The van der Waals surface area contributed by atoms with Gasteiger partial charge in [-0.25, -0.2) is 8.61 Å². The van der Waals surface area contributed by atoms with E-state index >= 15 is 0 Å². The molecule has 1 unspecified atom stereocenters. The Morgan fingerprint density at radius 3 is 2.43 bits per heavy atom. The van der Waals surface area contributed by atoms with E-state index < -0.39 is 0 Å². The number of rotatable bonds is 6. The van der Waals surface area contributed by atoms with Crippen LogP contribution in [0.1, 0.15) is 43.0 Å². The monoisotopic (exact) mass is 686 g/mol. The SMILES string of the molecule is CCOC1C[C@@H](c2ccccc2)N(SI)[C@H]2C[C@@H](c3cccc(Cl)c3)N(SI)C[C@@H]12. The van der Waals surface area contributed by atoms with Crippen molar-refractivity contribution < 1.29 is 4.74 Å². The minimum absolute atomic E-state index is 0.274. The van der Waals surface area contributed by atoms with Crippen LogP contribution in [0.5, 0.6) is 0 Å². The second kappa shape index (κ2) is 11.3. The molecule has 2 saturated heterocycles. The zero-order chi connectivity index (χ0) is 21.1. The quantitative estimate of drug-likeness (QED) is 0.226. The Morgan fingerprint density at radius 2 is 1.77 bits per heavy atom. The van der Waals surface area contributed by atoms with Gasteiger partial charge in [-0.2, -0.15) is 0 Å². The van der Waals surface area contributed by atoms with Gasteiger partial charge >= 0.3 is 0 Å². The molecule has 0 amide bonds. The van der Waals surface area contributed by atoms with Crippen LogP contribution in [0.25, 0.3) is 0 Å². The first-order valence-corrected chi connectivity index (χ1v) is 17.2. The van der Waals surface area contributed by atoms with Crippen LogP contribution in [-0.4, -0.2) is 33.9 Å². The van der Waals surface area contributed by atoms with E-state index in [1.54, 1.807) is 0 Å². The van der Waals surface area contributed by atoms with Gasteiger partial charge in [0.2, 0.25) is 0 Å². The molecule has 2 fully saturated rings. The van der Waals surface area contributed by atoms with Crippen molar-refractivity contribution in [3.63, 3.8) is 0 Å². The number of halogens is 3. The van der Waals surface area contributed by atoms with Crippen molar-refractivity contribution in [3.05, 3.63) is 70.7 Å². The molecule has 2 aliphatic heterocycles. The van der Waals surface area contributed by atoms with E-state index in [9.17, 15) is 0 Å². The lowest BCUT2D eigenvalue weighted by Crippen LogP contribution is -2.57. The number of piperidine rings is 2. The molecule has 0 spiro atoms. The molecule has 2 aliphatic rings. The summed E-state index contributed by atoms with van der Waals surface area (Å²) >= 11 is 11.2. The van der Waals surface area contributed by atoms with Gasteiger partial charge in [0.15, 0.2) is 0 Å². The fourth-order valence-corrected chi connectivity index (χ4v) is 9.31. The maximum atomic E-state index is 6.35. The Bertz CT molecular complexity index is 834. The van der Waals surface area contributed by atoms with E-state index in [2.05, 4.69) is 106 Å². The summed E-state index contributed by atoms with van der Waals surface area (Å²) in [7, 11) is 3.67. The number of benzene rings is 2. The number of nitrogens with zero attached hydrogens (tertiary/aromatic N) is 2. The van der Waals surface area contributed by atoms with Crippen LogP contribution in [0.3, 0.4) is 0 Å². The van der Waals surface area contributed by atoms with Crippen LogP contribution in [0.4, 0.5) is 0 Å². The Kier molecular flexibility index (Phi) is 8.98. The second-order valence-electron chi connectivity index (χ2n) is 7.79. The fourth-order valence-electron chi connectivity index (χ4n) is 4.92. The molecule has 0 radical (unpaired) electrons. The third kappa shape index (κ3) is 5.13. The molecule has 0 aliphatic carbocycles. The highest BCUT2D eigenvalue weighted by atomic mass is 127. The van der Waals surface area contributed by atoms with Crippen LogP contribution < -0.4 is 0 Å². The van der Waals surface area contributed by atoms with Crippen LogP contribution in [0.2, 0.25) is 5.02 Å². The molecule has 0 saturated carbocycles. The van der Waals surface area contributed by atoms with Crippen molar-refractivity contribution in [2.45, 2.75) is 44.0 Å². The van der Waals surface area contributed by atoms with E-state index in [4.69, 9.17) is 16.3 Å². The highest BCUT2D eigenvalue weighted by molar-refractivity contribution is 14.2. The first-order chi connectivity index (χ1) is 14.7. The number of hydrogen-bond donors (Lipinski definition) is 0. The molecule has 5 atom stereocenters. The lowest BCUT2D eigenvalue weighted by atomic mass is 9.76. The third-order valence-corrected chi connectivity index (χ3v) is 10.6. The molecule has 0 N–H and O–H groups in total. The molecule has 2 aromatic rings. The Labute approximate surface area is 217 Å². The van der Waals surface area contributed by atoms with Crippen molar-refractivity contribution in [2.24, 2.45) is 5.92 Å². The summed E-state index contributed by atoms with van der Waals surface area (Å²) in [5, 5.41) is 0.811. The summed E-state index contributed by atoms with van der Waals surface area (Å²) in [4.78, 5) is 0. The normalized spacial score (nSPS) is 30.2. The van der Waals surface area contributed by atoms with E-state index in [1.165, 1.54) is 11.1 Å². The van der Waals surface area contributed by atoms with E-state index in [1.807, 2.05) is 24.3 Å². The topological polar surface area (TPSA) is 15.7 Å². The summed E-state index contributed by atoms with van der Waals surface area (Å²) in [5.74, 6) is 0.491. The van der Waals surface area contributed by atoms with Crippen LogP contribution in [0, 0.1) is 5.92 Å². The smallest absolute Gasteiger partial charge is 0.0649 e. The predicted molar refractivity (Wildman–Crippen MR) is 147 cm³/mol.